The molecule has 1 rings (SSSR count). The molecule has 22 heavy (non-hydrogen) atoms. The van der Waals surface area contributed by atoms with E-state index in [2.05, 4.69) is 32.6 Å². The van der Waals surface area contributed by atoms with E-state index in [-0.39, 0.29) is 0 Å². The standard InChI is InChI=1S/C17H28N2O3/c1-6-21-17(20)15-11-14(7-8-16(15)18)22-10-9-19(12(2)3)13(4)5/h7-8,11-13H,6,9-10,18H2,1-5H3. The molecule has 0 atom stereocenters. The predicted octanol–water partition coefficient (Wildman–Crippen LogP) is 2.94. The summed E-state index contributed by atoms with van der Waals surface area (Å²) in [6.45, 7) is 12.1. The molecule has 0 aliphatic heterocycles. The third-order valence-electron chi connectivity index (χ3n) is 3.46. The molecule has 0 aromatic heterocycles. The van der Waals surface area contributed by atoms with Crippen molar-refractivity contribution in [1.82, 2.24) is 4.90 Å². The minimum Gasteiger partial charge on any atom is -0.492 e. The maximum atomic E-state index is 11.8. The van der Waals surface area contributed by atoms with E-state index in [4.69, 9.17) is 15.2 Å². The summed E-state index contributed by atoms with van der Waals surface area (Å²) in [4.78, 5) is 14.2. The molecule has 0 aliphatic carbocycles. The molecule has 124 valence electrons. The average Bonchev–Trinajstić information content (AvgIpc) is 2.44. The van der Waals surface area contributed by atoms with Gasteiger partial charge in [-0.2, -0.15) is 0 Å². The van der Waals surface area contributed by atoms with Crippen molar-refractivity contribution in [1.29, 1.82) is 0 Å². The van der Waals surface area contributed by atoms with Crippen molar-refractivity contribution < 1.29 is 14.3 Å². The molecule has 0 saturated carbocycles. The number of hydrogen-bond acceptors (Lipinski definition) is 5. The minimum absolute atomic E-state index is 0.321. The van der Waals surface area contributed by atoms with Crippen LogP contribution in [0.1, 0.15) is 45.0 Å². The molecule has 0 radical (unpaired) electrons. The molecule has 0 heterocycles. The van der Waals surface area contributed by atoms with Crippen molar-refractivity contribution in [3.05, 3.63) is 23.8 Å². The number of rotatable bonds is 8. The molecular formula is C17H28N2O3. The summed E-state index contributed by atoms with van der Waals surface area (Å²) in [5.74, 6) is 0.209. The molecule has 0 bridgehead atoms. The van der Waals surface area contributed by atoms with Crippen LogP contribution in [0.15, 0.2) is 18.2 Å². The lowest BCUT2D eigenvalue weighted by atomic mass is 10.1. The number of ether oxygens (including phenoxy) is 2. The van der Waals surface area contributed by atoms with Gasteiger partial charge in [0.2, 0.25) is 0 Å². The summed E-state index contributed by atoms with van der Waals surface area (Å²) in [7, 11) is 0. The highest BCUT2D eigenvalue weighted by atomic mass is 16.5. The zero-order valence-corrected chi connectivity index (χ0v) is 14.3. The number of carbonyl (C=O) groups excluding carboxylic acids is 1. The number of carbonyl (C=O) groups is 1. The van der Waals surface area contributed by atoms with Gasteiger partial charge in [-0.1, -0.05) is 0 Å². The number of esters is 1. The molecule has 0 spiro atoms. The lowest BCUT2D eigenvalue weighted by molar-refractivity contribution is 0.0527. The lowest BCUT2D eigenvalue weighted by Gasteiger charge is -2.30. The highest BCUT2D eigenvalue weighted by molar-refractivity contribution is 5.95. The Balaban J connectivity index is 2.67. The summed E-state index contributed by atoms with van der Waals surface area (Å²) in [5, 5.41) is 0. The van der Waals surface area contributed by atoms with E-state index in [1.807, 2.05) is 0 Å². The van der Waals surface area contributed by atoms with Gasteiger partial charge in [-0.15, -0.1) is 0 Å². The van der Waals surface area contributed by atoms with Crippen molar-refractivity contribution in [3.8, 4) is 5.75 Å². The van der Waals surface area contributed by atoms with Gasteiger partial charge in [0, 0.05) is 24.3 Å². The quantitative estimate of drug-likeness (QED) is 0.591. The molecule has 1 aromatic carbocycles. The molecule has 1 aromatic rings. The molecule has 5 nitrogen and oxygen atoms in total. The van der Waals surface area contributed by atoms with Crippen LogP contribution in [0.4, 0.5) is 5.69 Å². The Bertz CT molecular complexity index is 479. The van der Waals surface area contributed by atoms with Crippen LogP contribution < -0.4 is 10.5 Å². The van der Waals surface area contributed by atoms with Crippen LogP contribution >= 0.6 is 0 Å². The fraction of sp³-hybridized carbons (Fsp3) is 0.588. The van der Waals surface area contributed by atoms with Crippen LogP contribution in [0.3, 0.4) is 0 Å². The Morgan fingerprint density at radius 3 is 2.41 bits per heavy atom. The molecular weight excluding hydrogens is 280 g/mol. The zero-order valence-electron chi connectivity index (χ0n) is 14.3. The van der Waals surface area contributed by atoms with Gasteiger partial charge in [-0.05, 0) is 52.8 Å². The topological polar surface area (TPSA) is 64.8 Å². The predicted molar refractivity (Wildman–Crippen MR) is 89.3 cm³/mol. The van der Waals surface area contributed by atoms with Crippen LogP contribution in [-0.2, 0) is 4.74 Å². The molecule has 0 aliphatic rings. The monoisotopic (exact) mass is 308 g/mol. The first-order chi connectivity index (χ1) is 10.4. The van der Waals surface area contributed by atoms with Crippen LogP contribution in [0, 0.1) is 0 Å². The van der Waals surface area contributed by atoms with Crippen LogP contribution in [0.25, 0.3) is 0 Å². The van der Waals surface area contributed by atoms with Crippen molar-refractivity contribution in [2.75, 3.05) is 25.5 Å². The number of benzene rings is 1. The smallest absolute Gasteiger partial charge is 0.340 e. The van der Waals surface area contributed by atoms with Gasteiger partial charge in [-0.25, -0.2) is 4.79 Å². The van der Waals surface area contributed by atoms with Crippen LogP contribution in [0.5, 0.6) is 5.75 Å². The molecule has 0 fully saturated rings. The SMILES string of the molecule is CCOC(=O)c1cc(OCCN(C(C)C)C(C)C)ccc1N. The Morgan fingerprint density at radius 2 is 1.86 bits per heavy atom. The first-order valence-corrected chi connectivity index (χ1v) is 7.82. The van der Waals surface area contributed by atoms with Gasteiger partial charge in [0.15, 0.2) is 0 Å². The van der Waals surface area contributed by atoms with Gasteiger partial charge in [-0.3, -0.25) is 4.90 Å². The summed E-state index contributed by atoms with van der Waals surface area (Å²) in [6.07, 6.45) is 0. The molecule has 0 amide bonds. The van der Waals surface area contributed by atoms with Crippen molar-refractivity contribution in [2.45, 2.75) is 46.7 Å². The highest BCUT2D eigenvalue weighted by Crippen LogP contribution is 2.21. The van der Waals surface area contributed by atoms with E-state index in [0.29, 0.717) is 42.3 Å². The van der Waals surface area contributed by atoms with E-state index in [9.17, 15) is 4.79 Å². The van der Waals surface area contributed by atoms with E-state index in [1.54, 1.807) is 25.1 Å². The molecule has 0 saturated heterocycles. The van der Waals surface area contributed by atoms with Crippen molar-refractivity contribution in [2.24, 2.45) is 0 Å². The third kappa shape index (κ3) is 5.22. The van der Waals surface area contributed by atoms with Crippen molar-refractivity contribution >= 4 is 11.7 Å². The van der Waals surface area contributed by atoms with Crippen molar-refractivity contribution in [3.63, 3.8) is 0 Å². The maximum Gasteiger partial charge on any atom is 0.340 e. The van der Waals surface area contributed by atoms with Gasteiger partial charge in [0.25, 0.3) is 0 Å². The molecule has 0 unspecified atom stereocenters. The summed E-state index contributed by atoms with van der Waals surface area (Å²) >= 11 is 0. The van der Waals surface area contributed by atoms with Gasteiger partial charge < -0.3 is 15.2 Å². The Labute approximate surface area is 133 Å². The minimum atomic E-state index is -0.420. The van der Waals surface area contributed by atoms with E-state index in [0.717, 1.165) is 6.54 Å². The number of nitrogens with zero attached hydrogens (tertiary/aromatic N) is 1. The van der Waals surface area contributed by atoms with E-state index < -0.39 is 5.97 Å². The first kappa shape index (κ1) is 18.3. The maximum absolute atomic E-state index is 11.8. The van der Waals surface area contributed by atoms with Gasteiger partial charge in [0.05, 0.1) is 12.2 Å². The second-order valence-electron chi connectivity index (χ2n) is 5.74. The summed E-state index contributed by atoms with van der Waals surface area (Å²) < 4.78 is 10.7. The second kappa shape index (κ2) is 8.63. The Morgan fingerprint density at radius 1 is 1.23 bits per heavy atom. The van der Waals surface area contributed by atoms with Crippen LogP contribution in [-0.4, -0.2) is 42.7 Å². The first-order valence-electron chi connectivity index (χ1n) is 7.82. The fourth-order valence-corrected chi connectivity index (χ4v) is 2.39. The summed E-state index contributed by atoms with van der Waals surface area (Å²) in [5.41, 5.74) is 6.56. The average molecular weight is 308 g/mol. The van der Waals surface area contributed by atoms with E-state index >= 15 is 0 Å². The number of anilines is 1. The Kier molecular flexibility index (Phi) is 7.18. The molecule has 5 heteroatoms. The number of nitrogen functional groups attached to an aromatic ring is 1. The number of nitrogens with two attached hydrogens (primary N) is 1. The Hall–Kier alpha value is -1.75. The van der Waals surface area contributed by atoms with Gasteiger partial charge in [0.1, 0.15) is 12.4 Å². The largest absolute Gasteiger partial charge is 0.492 e. The number of hydrogen-bond donors (Lipinski definition) is 1. The normalized spacial score (nSPS) is 11.3. The third-order valence-corrected chi connectivity index (χ3v) is 3.46. The summed E-state index contributed by atoms with van der Waals surface area (Å²) in [6, 6.07) is 6.01. The van der Waals surface area contributed by atoms with Crippen LogP contribution in [0.2, 0.25) is 0 Å². The zero-order chi connectivity index (χ0) is 16.7. The second-order valence-corrected chi connectivity index (χ2v) is 5.74. The highest BCUT2D eigenvalue weighted by Gasteiger charge is 2.14. The van der Waals surface area contributed by atoms with E-state index in [1.165, 1.54) is 0 Å². The fourth-order valence-electron chi connectivity index (χ4n) is 2.39. The van der Waals surface area contributed by atoms with Gasteiger partial charge >= 0.3 is 5.97 Å². The lowest BCUT2D eigenvalue weighted by Crippen LogP contribution is -2.39. The molecule has 2 N–H and O–H groups in total.